The average molecular weight is 226 g/mol. The van der Waals surface area contributed by atoms with Crippen molar-refractivity contribution in [2.24, 2.45) is 5.73 Å². The van der Waals surface area contributed by atoms with Crippen LogP contribution in [0.5, 0.6) is 0 Å². The number of nitrogens with zero attached hydrogens (tertiary/aromatic N) is 1. The number of amides is 1. The summed E-state index contributed by atoms with van der Waals surface area (Å²) in [7, 11) is 0. The quantitative estimate of drug-likeness (QED) is 0.437. The number of carbonyl (C=O) groups excluding carboxylic acids is 2. The molecule has 0 aliphatic rings. The zero-order valence-corrected chi connectivity index (χ0v) is 8.90. The van der Waals surface area contributed by atoms with Crippen molar-refractivity contribution in [2.75, 3.05) is 6.61 Å². The SMILES string of the molecule is CCOC(=O)C(N)C(=O)NCc1ccn[nH]1. The molecule has 1 aromatic rings. The molecule has 0 aliphatic heterocycles. The number of hydrogen-bond donors (Lipinski definition) is 3. The van der Waals surface area contributed by atoms with Crippen LogP contribution in [0.2, 0.25) is 0 Å². The van der Waals surface area contributed by atoms with Crippen molar-refractivity contribution < 1.29 is 14.3 Å². The molecule has 0 aliphatic carbocycles. The Morgan fingerprint density at radius 3 is 3.00 bits per heavy atom. The number of nitrogens with one attached hydrogen (secondary N) is 2. The second kappa shape index (κ2) is 5.86. The molecule has 1 atom stereocenters. The van der Waals surface area contributed by atoms with Crippen molar-refractivity contribution >= 4 is 11.9 Å². The van der Waals surface area contributed by atoms with Gasteiger partial charge in [0.05, 0.1) is 18.8 Å². The Balaban J connectivity index is 2.37. The number of nitrogens with two attached hydrogens (primary N) is 1. The van der Waals surface area contributed by atoms with Gasteiger partial charge in [-0.3, -0.25) is 9.89 Å². The van der Waals surface area contributed by atoms with E-state index in [-0.39, 0.29) is 13.2 Å². The van der Waals surface area contributed by atoms with E-state index in [9.17, 15) is 9.59 Å². The van der Waals surface area contributed by atoms with E-state index in [4.69, 9.17) is 5.73 Å². The fraction of sp³-hybridized carbons (Fsp3) is 0.444. The monoisotopic (exact) mass is 226 g/mol. The standard InChI is InChI=1S/C9H14N4O3/c1-2-16-9(15)7(10)8(14)11-5-6-3-4-12-13-6/h3-4,7H,2,5,10H2,1H3,(H,11,14)(H,12,13). The Labute approximate surface area is 92.3 Å². The minimum atomic E-state index is -1.29. The van der Waals surface area contributed by atoms with Crippen LogP contribution in [0.15, 0.2) is 12.3 Å². The summed E-state index contributed by atoms with van der Waals surface area (Å²) in [5, 5.41) is 8.86. The number of hydrogen-bond acceptors (Lipinski definition) is 5. The lowest BCUT2D eigenvalue weighted by Gasteiger charge is -2.10. The topological polar surface area (TPSA) is 110 Å². The first-order valence-electron chi connectivity index (χ1n) is 4.83. The predicted octanol–water partition coefficient (Wildman–Crippen LogP) is -1.08. The van der Waals surface area contributed by atoms with Crippen molar-refractivity contribution in [2.45, 2.75) is 19.5 Å². The molecule has 0 saturated carbocycles. The summed E-state index contributed by atoms with van der Waals surface area (Å²) in [6, 6.07) is 0.416. The third kappa shape index (κ3) is 3.35. The minimum Gasteiger partial charge on any atom is -0.464 e. The van der Waals surface area contributed by atoms with Gasteiger partial charge in [0.2, 0.25) is 5.91 Å². The van der Waals surface area contributed by atoms with Crippen LogP contribution >= 0.6 is 0 Å². The van der Waals surface area contributed by atoms with Crippen LogP contribution in [0, 0.1) is 0 Å². The molecule has 0 bridgehead atoms. The highest BCUT2D eigenvalue weighted by molar-refractivity contribution is 6.01. The lowest BCUT2D eigenvalue weighted by atomic mass is 10.3. The van der Waals surface area contributed by atoms with Crippen LogP contribution in [0.3, 0.4) is 0 Å². The van der Waals surface area contributed by atoms with E-state index in [0.29, 0.717) is 0 Å². The molecule has 0 fully saturated rings. The molecule has 0 radical (unpaired) electrons. The van der Waals surface area contributed by atoms with Gasteiger partial charge in [-0.1, -0.05) is 0 Å². The largest absolute Gasteiger partial charge is 0.464 e. The van der Waals surface area contributed by atoms with E-state index in [1.807, 2.05) is 0 Å². The lowest BCUT2D eigenvalue weighted by molar-refractivity contribution is -0.148. The van der Waals surface area contributed by atoms with Crippen LogP contribution < -0.4 is 11.1 Å². The number of rotatable bonds is 5. The Morgan fingerprint density at radius 1 is 1.69 bits per heavy atom. The van der Waals surface area contributed by atoms with E-state index in [0.717, 1.165) is 5.69 Å². The molecule has 1 aromatic heterocycles. The summed E-state index contributed by atoms with van der Waals surface area (Å²) >= 11 is 0. The molecule has 1 unspecified atom stereocenters. The van der Waals surface area contributed by atoms with Crippen molar-refractivity contribution in [1.82, 2.24) is 15.5 Å². The highest BCUT2D eigenvalue weighted by Crippen LogP contribution is 1.92. The molecule has 4 N–H and O–H groups in total. The van der Waals surface area contributed by atoms with Gasteiger partial charge in [0.1, 0.15) is 0 Å². The van der Waals surface area contributed by atoms with E-state index < -0.39 is 17.9 Å². The van der Waals surface area contributed by atoms with Crippen LogP contribution in [0.4, 0.5) is 0 Å². The molecule has 7 heteroatoms. The molecule has 0 spiro atoms. The Hall–Kier alpha value is -1.89. The van der Waals surface area contributed by atoms with Crippen LogP contribution in [0.25, 0.3) is 0 Å². The summed E-state index contributed by atoms with van der Waals surface area (Å²) < 4.78 is 4.62. The van der Waals surface area contributed by atoms with Crippen molar-refractivity contribution in [1.29, 1.82) is 0 Å². The molecule has 1 rings (SSSR count). The molecular formula is C9H14N4O3. The van der Waals surface area contributed by atoms with Gasteiger partial charge >= 0.3 is 5.97 Å². The van der Waals surface area contributed by atoms with Gasteiger partial charge in [-0.2, -0.15) is 5.10 Å². The maximum Gasteiger partial charge on any atom is 0.332 e. The number of carbonyl (C=O) groups is 2. The second-order valence-corrected chi connectivity index (χ2v) is 3.03. The highest BCUT2D eigenvalue weighted by Gasteiger charge is 2.22. The summed E-state index contributed by atoms with van der Waals surface area (Å²) in [6.07, 6.45) is 1.56. The minimum absolute atomic E-state index is 0.195. The van der Waals surface area contributed by atoms with E-state index in [1.165, 1.54) is 0 Å². The number of H-pyrrole nitrogens is 1. The molecule has 7 nitrogen and oxygen atoms in total. The second-order valence-electron chi connectivity index (χ2n) is 3.03. The maximum atomic E-state index is 11.4. The maximum absolute atomic E-state index is 11.4. The molecule has 0 saturated heterocycles. The lowest BCUT2D eigenvalue weighted by Crippen LogP contribution is -2.46. The van der Waals surface area contributed by atoms with Gasteiger partial charge in [-0.15, -0.1) is 0 Å². The molecular weight excluding hydrogens is 212 g/mol. The third-order valence-electron chi connectivity index (χ3n) is 1.83. The van der Waals surface area contributed by atoms with E-state index in [2.05, 4.69) is 20.3 Å². The zero-order chi connectivity index (χ0) is 12.0. The Morgan fingerprint density at radius 2 is 2.44 bits per heavy atom. The highest BCUT2D eigenvalue weighted by atomic mass is 16.5. The third-order valence-corrected chi connectivity index (χ3v) is 1.83. The summed E-state index contributed by atoms with van der Waals surface area (Å²) in [6.45, 7) is 2.08. The molecule has 1 amide bonds. The van der Waals surface area contributed by atoms with Gasteiger partial charge in [0.25, 0.3) is 0 Å². The Bertz CT molecular complexity index is 350. The normalized spacial score (nSPS) is 11.9. The van der Waals surface area contributed by atoms with Gasteiger partial charge in [0.15, 0.2) is 6.04 Å². The average Bonchev–Trinajstić information content (AvgIpc) is 2.78. The van der Waals surface area contributed by atoms with Crippen molar-refractivity contribution in [3.05, 3.63) is 18.0 Å². The van der Waals surface area contributed by atoms with Crippen LogP contribution in [0.1, 0.15) is 12.6 Å². The smallest absolute Gasteiger partial charge is 0.332 e. The van der Waals surface area contributed by atoms with E-state index in [1.54, 1.807) is 19.2 Å². The van der Waals surface area contributed by atoms with Crippen molar-refractivity contribution in [3.8, 4) is 0 Å². The van der Waals surface area contributed by atoms with E-state index >= 15 is 0 Å². The molecule has 1 heterocycles. The number of ether oxygens (including phenoxy) is 1. The van der Waals surface area contributed by atoms with Crippen molar-refractivity contribution in [3.63, 3.8) is 0 Å². The van der Waals surface area contributed by atoms with Gasteiger partial charge in [0, 0.05) is 6.20 Å². The fourth-order valence-electron chi connectivity index (χ4n) is 1.01. The summed E-state index contributed by atoms with van der Waals surface area (Å²) in [4.78, 5) is 22.5. The van der Waals surface area contributed by atoms with Gasteiger partial charge in [-0.05, 0) is 13.0 Å². The van der Waals surface area contributed by atoms with Crippen LogP contribution in [-0.2, 0) is 20.9 Å². The fourth-order valence-corrected chi connectivity index (χ4v) is 1.01. The van der Waals surface area contributed by atoms with Gasteiger partial charge < -0.3 is 15.8 Å². The van der Waals surface area contributed by atoms with Gasteiger partial charge in [-0.25, -0.2) is 4.79 Å². The molecule has 16 heavy (non-hydrogen) atoms. The predicted molar refractivity (Wildman–Crippen MR) is 55.0 cm³/mol. The first kappa shape index (κ1) is 12.2. The first-order chi connectivity index (χ1) is 7.65. The number of aromatic amines is 1. The molecule has 88 valence electrons. The van der Waals surface area contributed by atoms with Crippen LogP contribution in [-0.4, -0.2) is 34.7 Å². The molecule has 0 aromatic carbocycles. The summed E-state index contributed by atoms with van der Waals surface area (Å²) in [5.41, 5.74) is 6.10. The Kier molecular flexibility index (Phi) is 4.46. The number of esters is 1. The zero-order valence-electron chi connectivity index (χ0n) is 8.90. The first-order valence-corrected chi connectivity index (χ1v) is 4.83. The summed E-state index contributed by atoms with van der Waals surface area (Å²) in [5.74, 6) is -1.31. The number of aromatic nitrogens is 2.